The normalized spacial score (nSPS) is 13.2. The van der Waals surface area contributed by atoms with Gasteiger partial charge in [-0.3, -0.25) is 0 Å². The highest BCUT2D eigenvalue weighted by atomic mass is 16.5. The van der Waals surface area contributed by atoms with Crippen molar-refractivity contribution in [3.05, 3.63) is 421 Å². The summed E-state index contributed by atoms with van der Waals surface area (Å²) in [5.74, 6) is 4.61. The lowest BCUT2D eigenvalue weighted by molar-refractivity contribution is 0.436. The molecule has 0 amide bonds. The summed E-state index contributed by atoms with van der Waals surface area (Å²) in [6.45, 7) is 0. The Balaban J connectivity index is 0.645. The molecule has 2 aromatic heterocycles. The van der Waals surface area contributed by atoms with Crippen molar-refractivity contribution in [3.8, 4) is 158 Å². The molecular weight excluding hydrogens is 1290 g/mol. The highest BCUT2D eigenvalue weighted by Crippen LogP contribution is 2.64. The first-order chi connectivity index (χ1) is 52.5. The highest BCUT2D eigenvalue weighted by Gasteiger charge is 2.53. The monoisotopic (exact) mass is 1350 g/mol. The van der Waals surface area contributed by atoms with E-state index in [1.165, 1.54) is 50.1 Å². The Morgan fingerprint density at radius 2 is 0.415 bits per heavy atom. The quantitative estimate of drug-likeness (QED) is 0.136. The molecular formula is C100H62N4O2. The van der Waals surface area contributed by atoms with Gasteiger partial charge in [0.2, 0.25) is 0 Å². The summed E-state index contributed by atoms with van der Waals surface area (Å²) in [4.78, 5) is 21.2. The molecule has 0 fully saturated rings. The van der Waals surface area contributed by atoms with Crippen molar-refractivity contribution in [1.82, 2.24) is 19.9 Å². The van der Waals surface area contributed by atoms with E-state index in [0.29, 0.717) is 11.6 Å². The maximum absolute atomic E-state index is 7.43. The van der Waals surface area contributed by atoms with Gasteiger partial charge in [0.1, 0.15) is 23.0 Å². The minimum Gasteiger partial charge on any atom is -0.457 e. The molecule has 494 valence electrons. The van der Waals surface area contributed by atoms with Crippen LogP contribution in [0.5, 0.6) is 23.0 Å². The summed E-state index contributed by atoms with van der Waals surface area (Å²) >= 11 is 0. The lowest BCUT2D eigenvalue weighted by atomic mass is 9.65. The zero-order chi connectivity index (χ0) is 69.9. The first-order valence-corrected chi connectivity index (χ1v) is 36.1. The van der Waals surface area contributed by atoms with E-state index in [0.717, 1.165) is 140 Å². The van der Waals surface area contributed by atoms with Crippen molar-refractivity contribution < 1.29 is 9.47 Å². The lowest BCUT2D eigenvalue weighted by Crippen LogP contribution is -2.32. The molecule has 0 N–H and O–H groups in total. The summed E-state index contributed by atoms with van der Waals surface area (Å²) in [5, 5.41) is 0. The Labute approximate surface area is 614 Å². The van der Waals surface area contributed by atoms with Crippen LogP contribution >= 0.6 is 0 Å². The molecule has 4 heterocycles. The zero-order valence-electron chi connectivity index (χ0n) is 57.4. The van der Waals surface area contributed by atoms with Gasteiger partial charge < -0.3 is 9.47 Å². The minimum atomic E-state index is -0.679. The first-order valence-electron chi connectivity index (χ1n) is 36.1. The van der Waals surface area contributed by atoms with Gasteiger partial charge in [0.25, 0.3) is 0 Å². The highest BCUT2D eigenvalue weighted by molar-refractivity contribution is 5.92. The molecule has 17 aromatic rings. The van der Waals surface area contributed by atoms with Gasteiger partial charge in [-0.25, -0.2) is 19.9 Å². The number of rotatable bonds is 10. The fourth-order valence-corrected chi connectivity index (χ4v) is 17.3. The van der Waals surface area contributed by atoms with E-state index in [2.05, 4.69) is 334 Å². The Morgan fingerprint density at radius 3 is 0.802 bits per heavy atom. The molecule has 4 aliphatic rings. The number of hydrogen-bond acceptors (Lipinski definition) is 6. The summed E-state index contributed by atoms with van der Waals surface area (Å²) in [6, 6.07) is 134. The molecule has 0 saturated carbocycles. The van der Waals surface area contributed by atoms with Gasteiger partial charge in [0, 0.05) is 55.6 Å². The third-order valence-corrected chi connectivity index (χ3v) is 22.1. The van der Waals surface area contributed by atoms with Gasteiger partial charge in [-0.2, -0.15) is 0 Å². The van der Waals surface area contributed by atoms with E-state index in [1.807, 2.05) is 42.5 Å². The van der Waals surface area contributed by atoms with Crippen molar-refractivity contribution in [1.29, 1.82) is 0 Å². The Hall–Kier alpha value is -13.9. The Morgan fingerprint density at radius 1 is 0.160 bits per heavy atom. The molecule has 6 nitrogen and oxygen atoms in total. The molecule has 21 rings (SSSR count). The van der Waals surface area contributed by atoms with Crippen molar-refractivity contribution in [2.45, 2.75) is 10.8 Å². The standard InChI is InChI=1S/C100H62N4O2/c1-4-23-63(24-5-1)64-45-47-65(48-46-64)89-61-90(102-97(101-89)66-25-6-2-7-26-66)74-32-20-30-69(55-74)72-50-53-87-95(59-72)106-96-60-73(51-54-88(96)100(87)83-41-16-12-37-79(83)80-38-13-17-42-84(80)100)70-31-22-34-76(57-70)92-62-91(103-98(104-92)67-27-8-3-9-28-67)75-33-21-29-68(56-75)71-49-52-86-94(58-71)105-93-44-19-18-43-85(93)99(86)81-39-14-10-35-77(81)78-36-11-15-40-82(78)99/h1-62H. The summed E-state index contributed by atoms with van der Waals surface area (Å²) in [5.41, 5.74) is 30.8. The summed E-state index contributed by atoms with van der Waals surface area (Å²) < 4.78 is 14.4. The van der Waals surface area contributed by atoms with Crippen LogP contribution in [0.3, 0.4) is 0 Å². The molecule has 15 aromatic carbocycles. The number of hydrogen-bond donors (Lipinski definition) is 0. The first kappa shape index (κ1) is 60.8. The molecule has 2 aliphatic heterocycles. The second-order valence-corrected chi connectivity index (χ2v) is 27.9. The van der Waals surface area contributed by atoms with Crippen LogP contribution in [0.4, 0.5) is 0 Å². The van der Waals surface area contributed by atoms with Gasteiger partial charge in [-0.1, -0.05) is 322 Å². The molecule has 106 heavy (non-hydrogen) atoms. The summed E-state index contributed by atoms with van der Waals surface area (Å²) in [6.07, 6.45) is 0. The zero-order valence-corrected chi connectivity index (χ0v) is 57.4. The molecule has 0 radical (unpaired) electrons. The van der Waals surface area contributed by atoms with Crippen LogP contribution in [0.15, 0.2) is 376 Å². The van der Waals surface area contributed by atoms with Crippen molar-refractivity contribution in [2.24, 2.45) is 0 Å². The fourth-order valence-electron chi connectivity index (χ4n) is 17.3. The fraction of sp³-hybridized carbons (Fsp3) is 0.0200. The molecule has 0 bridgehead atoms. The van der Waals surface area contributed by atoms with E-state index in [4.69, 9.17) is 29.4 Å². The Bertz CT molecular complexity index is 6310. The SMILES string of the molecule is c1ccc(-c2ccc(-c3cc(-c4cccc(-c5ccc6c(c5)Oc5cc(-c7cccc(-c8cc(-c9cccc(-c%10ccc%11c(c%10)Oc%10ccccc%10C%11%10c%11ccccc%11-c%11ccccc%11%10)c9)nc(-c9ccccc9)n8)c7)ccc5C65c6ccccc6-c6ccccc65)c4)nc(-c4ccccc4)n3)cc2)cc1. The maximum atomic E-state index is 7.43. The topological polar surface area (TPSA) is 70.0 Å². The Kier molecular flexibility index (Phi) is 14.0. The lowest BCUT2D eigenvalue weighted by Gasteiger charge is -2.39. The second kappa shape index (κ2) is 24.4. The van der Waals surface area contributed by atoms with E-state index >= 15 is 0 Å². The average Bonchev–Trinajstić information content (AvgIpc) is 1.50. The van der Waals surface area contributed by atoms with E-state index < -0.39 is 10.8 Å². The summed E-state index contributed by atoms with van der Waals surface area (Å²) in [7, 11) is 0. The van der Waals surface area contributed by atoms with Crippen LogP contribution in [0.1, 0.15) is 44.5 Å². The van der Waals surface area contributed by atoms with Gasteiger partial charge in [0.05, 0.1) is 33.6 Å². The predicted octanol–water partition coefficient (Wildman–Crippen LogP) is 24.9. The molecule has 0 unspecified atom stereocenters. The van der Waals surface area contributed by atoms with Crippen molar-refractivity contribution >= 4 is 0 Å². The minimum absolute atomic E-state index is 0.542. The van der Waals surface area contributed by atoms with Crippen LogP contribution in [-0.4, -0.2) is 19.9 Å². The van der Waals surface area contributed by atoms with Gasteiger partial charge >= 0.3 is 0 Å². The predicted molar refractivity (Wildman–Crippen MR) is 427 cm³/mol. The van der Waals surface area contributed by atoms with Crippen molar-refractivity contribution in [2.75, 3.05) is 0 Å². The van der Waals surface area contributed by atoms with Gasteiger partial charge in [0.15, 0.2) is 11.6 Å². The molecule has 0 saturated heterocycles. The van der Waals surface area contributed by atoms with Gasteiger partial charge in [-0.15, -0.1) is 0 Å². The third-order valence-electron chi connectivity index (χ3n) is 22.1. The second-order valence-electron chi connectivity index (χ2n) is 27.9. The molecule has 2 spiro atoms. The third kappa shape index (κ3) is 9.65. The smallest absolute Gasteiger partial charge is 0.160 e. The van der Waals surface area contributed by atoms with E-state index in [9.17, 15) is 0 Å². The van der Waals surface area contributed by atoms with Crippen LogP contribution < -0.4 is 9.47 Å². The maximum Gasteiger partial charge on any atom is 0.160 e. The van der Waals surface area contributed by atoms with Crippen LogP contribution in [0.25, 0.3) is 135 Å². The number of para-hydroxylation sites is 1. The van der Waals surface area contributed by atoms with Crippen LogP contribution in [0, 0.1) is 0 Å². The van der Waals surface area contributed by atoms with Crippen molar-refractivity contribution in [3.63, 3.8) is 0 Å². The van der Waals surface area contributed by atoms with E-state index in [1.54, 1.807) is 0 Å². The number of nitrogens with zero attached hydrogens (tertiary/aromatic N) is 4. The number of fused-ring (bicyclic) bond motifs is 18. The van der Waals surface area contributed by atoms with Crippen LogP contribution in [0.2, 0.25) is 0 Å². The largest absolute Gasteiger partial charge is 0.457 e. The number of benzene rings is 15. The van der Waals surface area contributed by atoms with Crippen LogP contribution in [-0.2, 0) is 10.8 Å². The van der Waals surface area contributed by atoms with E-state index in [-0.39, 0.29) is 0 Å². The number of aromatic nitrogens is 4. The molecule has 0 atom stereocenters. The molecule has 2 aliphatic carbocycles. The number of ether oxygens (including phenoxy) is 2. The molecule has 6 heteroatoms. The average molecular weight is 1350 g/mol. The van der Waals surface area contributed by atoms with Gasteiger partial charge in [-0.05, 0) is 144 Å².